The number of pyridine rings is 1. The van der Waals surface area contributed by atoms with Crippen molar-refractivity contribution in [2.45, 2.75) is 3.79 Å². The molecule has 0 saturated heterocycles. The van der Waals surface area contributed by atoms with Gasteiger partial charge in [0, 0.05) is 10.9 Å². The second kappa shape index (κ2) is 6.27. The van der Waals surface area contributed by atoms with Crippen LogP contribution in [0.1, 0.15) is 5.56 Å². The Hall–Kier alpha value is 0.0249. The number of hydrogen-bond acceptors (Lipinski definition) is 0. The van der Waals surface area contributed by atoms with Crippen molar-refractivity contribution >= 4 is 53.7 Å². The lowest BCUT2D eigenvalue weighted by molar-refractivity contribution is -0.842. The van der Waals surface area contributed by atoms with Gasteiger partial charge in [-0.3, -0.25) is 0 Å². The second-order valence-electron chi connectivity index (χ2n) is 2.54. The molecule has 0 atom stereocenters. The topological polar surface area (TPSA) is 3.88 Å². The van der Waals surface area contributed by atoms with Crippen molar-refractivity contribution in [2.24, 2.45) is 0 Å². The lowest BCUT2D eigenvalue weighted by atomic mass is 10.3. The first-order valence-corrected chi connectivity index (χ1v) is 5.24. The van der Waals surface area contributed by atoms with Gasteiger partial charge in [-0.15, -0.1) is 0 Å². The zero-order valence-electron chi connectivity index (χ0n) is 7.66. The van der Waals surface area contributed by atoms with Crippen molar-refractivity contribution < 1.29 is 26.5 Å². The van der Waals surface area contributed by atoms with Crippen LogP contribution in [-0.2, 0) is 3.79 Å². The van der Waals surface area contributed by atoms with E-state index in [0.29, 0.717) is 0 Å². The first-order valence-electron chi connectivity index (χ1n) is 3.73. The van der Waals surface area contributed by atoms with Gasteiger partial charge in [0.1, 0.15) is 0 Å². The van der Waals surface area contributed by atoms with Gasteiger partial charge in [0.2, 0.25) is 9.99 Å². The lowest BCUT2D eigenvalue weighted by Crippen LogP contribution is -2.25. The quantitative estimate of drug-likeness (QED) is 0.284. The smallest absolute Gasteiger partial charge is 0.418 e. The summed E-state index contributed by atoms with van der Waals surface area (Å²) < 4.78 is 50.1. The molecule has 0 spiro atoms. The molecular weight excluding hydrogens is 334 g/mol. The summed E-state index contributed by atoms with van der Waals surface area (Å²) in [5, 5.41) is -0.0759. The van der Waals surface area contributed by atoms with Gasteiger partial charge >= 0.3 is 12.4 Å². The highest BCUT2D eigenvalue weighted by molar-refractivity contribution is 6.66. The van der Waals surface area contributed by atoms with Crippen LogP contribution in [-0.4, -0.2) is 7.25 Å². The molecule has 1 rings (SSSR count). The number of nitrogens with zero attached hydrogens (tertiary/aromatic N) is 1. The molecule has 0 aliphatic heterocycles. The predicted octanol–water partition coefficient (Wildman–Crippen LogP) is 4.49. The Morgan fingerprint density at radius 3 is 1.76 bits per heavy atom. The van der Waals surface area contributed by atoms with Gasteiger partial charge in [-0.1, -0.05) is 34.8 Å². The summed E-state index contributed by atoms with van der Waals surface area (Å²) in [6.07, 6.45) is 1.01. The predicted molar refractivity (Wildman–Crippen MR) is 57.6 cm³/mol. The zero-order valence-corrected chi connectivity index (χ0v) is 10.7. The summed E-state index contributed by atoms with van der Waals surface area (Å²) >= 11 is 21.9. The van der Waals surface area contributed by atoms with Crippen molar-refractivity contribution in [1.82, 2.24) is 0 Å². The van der Waals surface area contributed by atoms with Crippen LogP contribution >= 0.6 is 46.4 Å². The number of aromatic nitrogens is 1. The summed E-state index contributed by atoms with van der Waals surface area (Å²) in [5.74, 6) is 0. The highest BCUT2D eigenvalue weighted by atomic mass is 35.6. The zero-order chi connectivity index (χ0) is 13.9. The molecule has 0 aromatic carbocycles. The van der Waals surface area contributed by atoms with Crippen LogP contribution in [0.25, 0.3) is 0 Å². The van der Waals surface area contributed by atoms with Crippen molar-refractivity contribution in [3.05, 3.63) is 29.0 Å². The molecule has 17 heavy (non-hydrogen) atoms. The summed E-state index contributed by atoms with van der Waals surface area (Å²) in [5.41, 5.74) is 0.222. The molecule has 0 bridgehead atoms. The minimum Gasteiger partial charge on any atom is -0.418 e. The normalized spacial score (nSPS) is 11.8. The third-order valence-electron chi connectivity index (χ3n) is 1.18. The molecule has 0 saturated carbocycles. The van der Waals surface area contributed by atoms with E-state index in [2.05, 4.69) is 0 Å². The van der Waals surface area contributed by atoms with Gasteiger partial charge in [-0.05, 0) is 17.7 Å². The molecule has 0 fully saturated rings. The highest BCUT2D eigenvalue weighted by Crippen LogP contribution is 2.37. The van der Waals surface area contributed by atoms with Gasteiger partial charge in [-0.25, -0.2) is 0 Å². The van der Waals surface area contributed by atoms with E-state index in [9.17, 15) is 21.7 Å². The fourth-order valence-corrected chi connectivity index (χ4v) is 1.07. The average Bonchev–Trinajstić information content (AvgIpc) is 2.04. The van der Waals surface area contributed by atoms with Gasteiger partial charge in [0.05, 0.1) is 10.0 Å². The molecule has 0 amide bonds. The third kappa shape index (κ3) is 8.71. The molecule has 0 aliphatic carbocycles. The van der Waals surface area contributed by atoms with E-state index in [1.807, 2.05) is 0 Å². The molecule has 0 N–H and O–H groups in total. The van der Waals surface area contributed by atoms with Crippen LogP contribution in [0.2, 0.25) is 5.15 Å². The van der Waals surface area contributed by atoms with E-state index < -0.39 is 11.0 Å². The molecule has 1 heterocycles. The number of halogens is 9. The Balaban J connectivity index is 0.000000437. The largest absolute Gasteiger partial charge is 0.673 e. The van der Waals surface area contributed by atoms with Crippen LogP contribution in [0, 0.1) is 0 Å². The van der Waals surface area contributed by atoms with Crippen molar-refractivity contribution in [3.63, 3.8) is 0 Å². The van der Waals surface area contributed by atoms with E-state index in [4.69, 9.17) is 46.4 Å². The monoisotopic (exact) mass is 335 g/mol. The first kappa shape index (κ1) is 17.0. The fourth-order valence-electron chi connectivity index (χ4n) is 0.624. The SMILES string of the molecule is F[B-](F)(F)F.F[n+]1cc(C(Cl)(Cl)Cl)ccc1Cl. The molecular formula is C6H3BCl4F5N. The van der Waals surface area contributed by atoms with Crippen LogP contribution in [0.15, 0.2) is 18.3 Å². The molecule has 98 valence electrons. The number of alkyl halides is 3. The number of hydrogen-bond donors (Lipinski definition) is 0. The van der Waals surface area contributed by atoms with Gasteiger partial charge in [0.15, 0.2) is 0 Å². The van der Waals surface area contributed by atoms with Crippen LogP contribution in [0.4, 0.5) is 21.7 Å². The van der Waals surface area contributed by atoms with E-state index in [1.165, 1.54) is 12.1 Å². The summed E-state index contributed by atoms with van der Waals surface area (Å²) in [6.45, 7) is 0. The third-order valence-corrected chi connectivity index (χ3v) is 2.13. The van der Waals surface area contributed by atoms with E-state index >= 15 is 0 Å². The van der Waals surface area contributed by atoms with Crippen LogP contribution in [0.3, 0.4) is 0 Å². The standard InChI is InChI=1S/C6H3Cl4FN.BF4/c7-5-2-1-4(3-12(5)11)6(8,9)10;2-1(3,4)5/h1-3H;/q+1;-1. The molecule has 11 heteroatoms. The summed E-state index contributed by atoms with van der Waals surface area (Å²) in [4.78, 5) is 0.179. The molecule has 0 radical (unpaired) electrons. The molecule has 0 unspecified atom stereocenters. The van der Waals surface area contributed by atoms with Gasteiger partial charge in [0.25, 0.3) is 0 Å². The minimum absolute atomic E-state index is 0.0759. The Morgan fingerprint density at radius 1 is 1.06 bits per heavy atom. The molecule has 1 aromatic heterocycles. The maximum atomic E-state index is 12.7. The average molecular weight is 337 g/mol. The van der Waals surface area contributed by atoms with E-state index in [0.717, 1.165) is 6.20 Å². The first-order chi connectivity index (χ1) is 7.41. The van der Waals surface area contributed by atoms with Crippen LogP contribution in [0.5, 0.6) is 0 Å². The maximum absolute atomic E-state index is 12.7. The Bertz CT molecular complexity index is 374. The summed E-state index contributed by atoms with van der Waals surface area (Å²) in [6, 6.07) is 2.74. The van der Waals surface area contributed by atoms with Crippen molar-refractivity contribution in [1.29, 1.82) is 0 Å². The fraction of sp³-hybridized carbons (Fsp3) is 0.167. The van der Waals surface area contributed by atoms with Crippen molar-refractivity contribution in [3.8, 4) is 0 Å². The molecule has 1 aromatic rings. The lowest BCUT2D eigenvalue weighted by Gasteiger charge is -2.06. The molecule has 0 aliphatic rings. The Kier molecular flexibility index (Phi) is 6.28. The van der Waals surface area contributed by atoms with Gasteiger partial charge < -0.3 is 17.3 Å². The van der Waals surface area contributed by atoms with E-state index in [-0.39, 0.29) is 15.5 Å². The van der Waals surface area contributed by atoms with Crippen molar-refractivity contribution in [2.75, 3.05) is 0 Å². The van der Waals surface area contributed by atoms with E-state index in [1.54, 1.807) is 0 Å². The highest BCUT2D eigenvalue weighted by Gasteiger charge is 2.27. The van der Waals surface area contributed by atoms with Gasteiger partial charge in [-0.2, -0.15) is 0 Å². The summed E-state index contributed by atoms with van der Waals surface area (Å²) in [7, 11) is -6.00. The minimum atomic E-state index is -6.00. The Labute approximate surface area is 113 Å². The number of rotatable bonds is 0. The maximum Gasteiger partial charge on any atom is 0.673 e. The van der Waals surface area contributed by atoms with Crippen LogP contribution < -0.4 is 4.79 Å². The Morgan fingerprint density at radius 2 is 1.47 bits per heavy atom. The second-order valence-corrected chi connectivity index (χ2v) is 5.21. The molecule has 1 nitrogen and oxygen atoms in total.